The maximum Gasteiger partial charge on any atom is 0.319 e. The van der Waals surface area contributed by atoms with Gasteiger partial charge in [-0.2, -0.15) is 9.97 Å². The molecular weight excluding hydrogens is 375 g/mol. The summed E-state index contributed by atoms with van der Waals surface area (Å²) in [6.45, 7) is 2.39. The van der Waals surface area contributed by atoms with Crippen LogP contribution in [0.1, 0.15) is 12.8 Å². The number of nitrogens with one attached hydrogen (secondary N) is 1. The highest BCUT2D eigenvalue weighted by Crippen LogP contribution is 2.19. The molecule has 7 nitrogen and oxygen atoms in total. The van der Waals surface area contributed by atoms with Gasteiger partial charge in [-0.1, -0.05) is 0 Å². The molecule has 1 aromatic rings. The molecule has 1 unspecified atom stereocenters. The summed E-state index contributed by atoms with van der Waals surface area (Å²) in [5.74, 6) is 0.0604. The Balaban J connectivity index is 2.04. The lowest BCUT2D eigenvalue weighted by atomic mass is 10.1. The van der Waals surface area contributed by atoms with E-state index in [0.29, 0.717) is 12.4 Å². The fourth-order valence-corrected chi connectivity index (χ4v) is 2.65. The van der Waals surface area contributed by atoms with E-state index in [1.165, 1.54) is 0 Å². The highest BCUT2D eigenvalue weighted by molar-refractivity contribution is 14.1. The Labute approximate surface area is 130 Å². The molecule has 0 aromatic carbocycles. The van der Waals surface area contributed by atoms with Gasteiger partial charge in [0.15, 0.2) is 0 Å². The van der Waals surface area contributed by atoms with Crippen LogP contribution in [0.15, 0.2) is 6.07 Å². The van der Waals surface area contributed by atoms with E-state index in [2.05, 4.69) is 42.8 Å². The first-order valence-corrected chi connectivity index (χ1v) is 7.45. The molecule has 1 fully saturated rings. The molecule has 8 heteroatoms. The Bertz CT molecular complexity index is 486. The quantitative estimate of drug-likeness (QED) is 0.565. The summed E-state index contributed by atoms with van der Waals surface area (Å²) in [4.78, 5) is 21.3. The van der Waals surface area contributed by atoms with Crippen molar-refractivity contribution >= 4 is 34.4 Å². The first kappa shape index (κ1) is 15.2. The van der Waals surface area contributed by atoms with Crippen molar-refractivity contribution in [2.45, 2.75) is 18.9 Å². The van der Waals surface area contributed by atoms with Gasteiger partial charge in [-0.15, -0.1) is 0 Å². The van der Waals surface area contributed by atoms with Gasteiger partial charge in [-0.25, -0.2) is 0 Å². The smallest absolute Gasteiger partial charge is 0.319 e. The van der Waals surface area contributed by atoms with E-state index in [0.717, 1.165) is 29.2 Å². The van der Waals surface area contributed by atoms with Crippen molar-refractivity contribution in [3.05, 3.63) is 9.77 Å². The maximum atomic E-state index is 10.6. The number of nitrogens with zero attached hydrogens (tertiary/aromatic N) is 3. The second kappa shape index (κ2) is 7.02. The normalized spacial score (nSPS) is 18.9. The second-order valence-electron chi connectivity index (χ2n) is 4.57. The SMILES string of the molecule is COc1nc(I)cc(N2CCNC(CCC(=O)O)C2)n1. The molecule has 1 aliphatic rings. The van der Waals surface area contributed by atoms with Crippen molar-refractivity contribution in [1.82, 2.24) is 15.3 Å². The van der Waals surface area contributed by atoms with E-state index in [1.54, 1.807) is 7.11 Å². The minimum Gasteiger partial charge on any atom is -0.481 e. The van der Waals surface area contributed by atoms with Crippen LogP contribution < -0.4 is 15.0 Å². The van der Waals surface area contributed by atoms with Crippen LogP contribution >= 0.6 is 22.6 Å². The zero-order chi connectivity index (χ0) is 14.5. The monoisotopic (exact) mass is 392 g/mol. The molecule has 0 aliphatic carbocycles. The number of aromatic nitrogens is 2. The van der Waals surface area contributed by atoms with Crippen LogP contribution in [-0.4, -0.2) is 53.8 Å². The topological polar surface area (TPSA) is 87.6 Å². The van der Waals surface area contributed by atoms with Gasteiger partial charge in [0.2, 0.25) is 0 Å². The average molecular weight is 392 g/mol. The van der Waals surface area contributed by atoms with Gasteiger partial charge in [-0.05, 0) is 29.0 Å². The van der Waals surface area contributed by atoms with Crippen LogP contribution in [0, 0.1) is 3.70 Å². The van der Waals surface area contributed by atoms with Crippen molar-refractivity contribution < 1.29 is 14.6 Å². The van der Waals surface area contributed by atoms with Crippen LogP contribution in [0.25, 0.3) is 0 Å². The second-order valence-corrected chi connectivity index (χ2v) is 5.67. The van der Waals surface area contributed by atoms with Crippen LogP contribution in [0.4, 0.5) is 5.82 Å². The molecule has 20 heavy (non-hydrogen) atoms. The number of hydrogen-bond acceptors (Lipinski definition) is 6. The summed E-state index contributed by atoms with van der Waals surface area (Å²) >= 11 is 2.13. The van der Waals surface area contributed by atoms with Crippen molar-refractivity contribution in [2.24, 2.45) is 0 Å². The van der Waals surface area contributed by atoms with E-state index in [1.807, 2.05) is 6.07 Å². The van der Waals surface area contributed by atoms with Crippen LogP contribution in [-0.2, 0) is 4.79 Å². The molecule has 0 radical (unpaired) electrons. The molecule has 2 heterocycles. The highest BCUT2D eigenvalue weighted by atomic mass is 127. The van der Waals surface area contributed by atoms with Gasteiger partial charge >= 0.3 is 12.0 Å². The molecule has 1 aliphatic heterocycles. The summed E-state index contributed by atoms with van der Waals surface area (Å²) in [6, 6.07) is 2.42. The molecule has 1 saturated heterocycles. The van der Waals surface area contributed by atoms with Gasteiger partial charge in [0.05, 0.1) is 7.11 Å². The number of carboxylic acid groups (broad SMARTS) is 1. The number of hydrogen-bond donors (Lipinski definition) is 2. The summed E-state index contributed by atoms with van der Waals surface area (Å²) in [6.07, 6.45) is 0.793. The van der Waals surface area contributed by atoms with Gasteiger partial charge in [0, 0.05) is 38.2 Å². The molecule has 2 rings (SSSR count). The van der Waals surface area contributed by atoms with Crippen molar-refractivity contribution in [3.8, 4) is 6.01 Å². The zero-order valence-corrected chi connectivity index (χ0v) is 13.3. The predicted octanol–water partition coefficient (Wildman–Crippen LogP) is 0.733. The van der Waals surface area contributed by atoms with E-state index >= 15 is 0 Å². The van der Waals surface area contributed by atoms with Crippen LogP contribution in [0.5, 0.6) is 6.01 Å². The maximum absolute atomic E-state index is 10.6. The lowest BCUT2D eigenvalue weighted by Gasteiger charge is -2.34. The molecule has 1 atom stereocenters. The number of aliphatic carboxylic acids is 1. The number of anilines is 1. The lowest BCUT2D eigenvalue weighted by molar-refractivity contribution is -0.137. The van der Waals surface area contributed by atoms with E-state index in [9.17, 15) is 4.79 Å². The fraction of sp³-hybridized carbons (Fsp3) is 0.583. The third kappa shape index (κ3) is 4.17. The summed E-state index contributed by atoms with van der Waals surface area (Å²) in [5.41, 5.74) is 0. The summed E-state index contributed by atoms with van der Waals surface area (Å²) in [7, 11) is 1.54. The molecule has 0 spiro atoms. The third-order valence-corrected chi connectivity index (χ3v) is 3.68. The Morgan fingerprint density at radius 2 is 2.45 bits per heavy atom. The first-order valence-electron chi connectivity index (χ1n) is 6.37. The van der Waals surface area contributed by atoms with Crippen molar-refractivity contribution in [2.75, 3.05) is 31.6 Å². The van der Waals surface area contributed by atoms with Crippen LogP contribution in [0.2, 0.25) is 0 Å². The van der Waals surface area contributed by atoms with Gasteiger partial charge in [0.1, 0.15) is 9.52 Å². The zero-order valence-electron chi connectivity index (χ0n) is 11.2. The van der Waals surface area contributed by atoms with Gasteiger partial charge in [0.25, 0.3) is 0 Å². The van der Waals surface area contributed by atoms with E-state index in [4.69, 9.17) is 9.84 Å². The molecule has 1 aromatic heterocycles. The fourth-order valence-electron chi connectivity index (χ4n) is 2.16. The van der Waals surface area contributed by atoms with E-state index in [-0.39, 0.29) is 12.5 Å². The minimum atomic E-state index is -0.762. The molecule has 0 saturated carbocycles. The highest BCUT2D eigenvalue weighted by Gasteiger charge is 2.21. The predicted molar refractivity (Wildman–Crippen MR) is 82.2 cm³/mol. The molecule has 2 N–H and O–H groups in total. The largest absolute Gasteiger partial charge is 0.481 e. The summed E-state index contributed by atoms with van der Waals surface area (Å²) < 4.78 is 5.91. The third-order valence-electron chi connectivity index (χ3n) is 3.13. The number of rotatable bonds is 5. The number of carboxylic acids is 1. The van der Waals surface area contributed by atoms with Crippen molar-refractivity contribution in [3.63, 3.8) is 0 Å². The number of carbonyl (C=O) groups is 1. The van der Waals surface area contributed by atoms with Gasteiger partial charge in [-0.3, -0.25) is 4.79 Å². The molecule has 0 amide bonds. The molecular formula is C12H17IN4O3. The molecule has 110 valence electrons. The Morgan fingerprint density at radius 3 is 3.15 bits per heavy atom. The number of halogens is 1. The number of methoxy groups -OCH3 is 1. The average Bonchev–Trinajstić information content (AvgIpc) is 2.44. The first-order chi connectivity index (χ1) is 9.58. The van der Waals surface area contributed by atoms with E-state index < -0.39 is 5.97 Å². The Kier molecular flexibility index (Phi) is 5.35. The lowest BCUT2D eigenvalue weighted by Crippen LogP contribution is -2.51. The Morgan fingerprint density at radius 1 is 1.65 bits per heavy atom. The number of ether oxygens (including phenoxy) is 1. The van der Waals surface area contributed by atoms with Crippen LogP contribution in [0.3, 0.4) is 0 Å². The Hall–Kier alpha value is -1.16. The standard InChI is InChI=1S/C12H17IN4O3/c1-20-12-15-9(13)6-10(16-12)17-5-4-14-8(7-17)2-3-11(18)19/h6,8,14H,2-5,7H2,1H3,(H,18,19). The minimum absolute atomic E-state index is 0.165. The number of piperazine rings is 1. The molecule has 0 bridgehead atoms. The summed E-state index contributed by atoms with van der Waals surface area (Å²) in [5, 5.41) is 12.1. The van der Waals surface area contributed by atoms with Gasteiger partial charge < -0.3 is 20.1 Å². The van der Waals surface area contributed by atoms with Crippen molar-refractivity contribution in [1.29, 1.82) is 0 Å².